The van der Waals surface area contributed by atoms with Gasteiger partial charge in [0.15, 0.2) is 0 Å². The van der Waals surface area contributed by atoms with Crippen molar-refractivity contribution >= 4 is 0 Å². The summed E-state index contributed by atoms with van der Waals surface area (Å²) in [6.07, 6.45) is -7.83. The van der Waals surface area contributed by atoms with Gasteiger partial charge in [0.1, 0.15) is 0 Å². The molecule has 17 heavy (non-hydrogen) atoms. The van der Waals surface area contributed by atoms with Crippen LogP contribution in [-0.4, -0.2) is 18.5 Å². The van der Waals surface area contributed by atoms with Gasteiger partial charge in [-0.25, -0.2) is 8.78 Å². The molecule has 0 saturated heterocycles. The van der Waals surface area contributed by atoms with Crippen LogP contribution in [0.25, 0.3) is 0 Å². The van der Waals surface area contributed by atoms with Gasteiger partial charge < -0.3 is 9.47 Å². The molecule has 1 aromatic rings. The first-order chi connectivity index (χ1) is 7.74. The van der Waals surface area contributed by atoms with Crippen LogP contribution in [0, 0.1) is 6.92 Å². The zero-order valence-electron chi connectivity index (χ0n) is 8.81. The quantitative estimate of drug-likeness (QED) is 0.779. The molecule has 0 bridgehead atoms. The van der Waals surface area contributed by atoms with Gasteiger partial charge in [-0.3, -0.25) is 0 Å². The molecule has 96 valence electrons. The highest BCUT2D eigenvalue weighted by molar-refractivity contribution is 5.39. The average molecular weight is 257 g/mol. The number of ether oxygens (including phenoxy) is 2. The molecule has 0 aliphatic rings. The monoisotopic (exact) mass is 257 g/mol. The molecule has 0 fully saturated rings. The number of halogens is 5. The van der Waals surface area contributed by atoms with Crippen LogP contribution in [0.15, 0.2) is 6.07 Å². The van der Waals surface area contributed by atoms with Crippen molar-refractivity contribution in [2.24, 2.45) is 0 Å². The molecule has 0 unspecified atom stereocenters. The minimum absolute atomic E-state index is 0.0916. The van der Waals surface area contributed by atoms with Crippen LogP contribution < -0.4 is 9.47 Å². The van der Waals surface area contributed by atoms with Crippen molar-refractivity contribution in [3.63, 3.8) is 0 Å². The molecule has 0 spiro atoms. The number of aryl methyl sites for hydroxylation is 1. The lowest BCUT2D eigenvalue weighted by Gasteiger charge is -2.13. The molecular weight excluding hydrogens is 249 g/mol. The minimum Gasteiger partial charge on any atom is -0.481 e. The maximum atomic E-state index is 12.6. The van der Waals surface area contributed by atoms with Gasteiger partial charge in [-0.2, -0.15) is 4.98 Å². The Kier molecular flexibility index (Phi) is 3.74. The van der Waals surface area contributed by atoms with E-state index in [1.165, 1.54) is 6.92 Å². The topological polar surface area (TPSA) is 31.4 Å². The van der Waals surface area contributed by atoms with Crippen molar-refractivity contribution in [3.05, 3.63) is 17.2 Å². The van der Waals surface area contributed by atoms with Crippen molar-refractivity contribution in [2.75, 3.05) is 7.11 Å². The molecule has 0 amide bonds. The molecule has 0 N–H and O–H groups in total. The summed E-state index contributed by atoms with van der Waals surface area (Å²) in [7, 11) is 1.03. The number of nitrogens with zero attached hydrogens (tertiary/aromatic N) is 1. The predicted molar refractivity (Wildman–Crippen MR) is 47.2 cm³/mol. The molecule has 0 saturated carbocycles. The summed E-state index contributed by atoms with van der Waals surface area (Å²) in [6, 6.07) is 0.775. The summed E-state index contributed by atoms with van der Waals surface area (Å²) in [4.78, 5) is 3.21. The summed E-state index contributed by atoms with van der Waals surface area (Å²) in [5.41, 5.74) is -0.645. The fourth-order valence-corrected chi connectivity index (χ4v) is 1.22. The Labute approximate surface area is 93.2 Å². The molecule has 1 heterocycles. The van der Waals surface area contributed by atoms with Gasteiger partial charge in [-0.05, 0) is 12.5 Å². The van der Waals surface area contributed by atoms with Crippen molar-refractivity contribution in [2.45, 2.75) is 19.7 Å². The standard InChI is InChI=1S/C9H8F5NO2/c1-4-3-5(17-9(12,13)14)15-8(16-2)6(4)7(10)11/h3,7H,1-2H3. The van der Waals surface area contributed by atoms with E-state index in [2.05, 4.69) is 14.5 Å². The third kappa shape index (κ3) is 3.43. The van der Waals surface area contributed by atoms with Gasteiger partial charge in [0.25, 0.3) is 6.43 Å². The zero-order chi connectivity index (χ0) is 13.2. The first-order valence-electron chi connectivity index (χ1n) is 4.34. The van der Waals surface area contributed by atoms with Gasteiger partial charge in [0.2, 0.25) is 11.8 Å². The lowest BCUT2D eigenvalue weighted by atomic mass is 10.1. The SMILES string of the molecule is COc1nc(OC(F)(F)F)cc(C)c1C(F)F. The van der Waals surface area contributed by atoms with Gasteiger partial charge in [-0.15, -0.1) is 13.2 Å². The van der Waals surface area contributed by atoms with E-state index in [1.54, 1.807) is 0 Å². The normalized spacial score (nSPS) is 11.8. The Morgan fingerprint density at radius 3 is 2.29 bits per heavy atom. The molecule has 1 aromatic heterocycles. The van der Waals surface area contributed by atoms with Crippen LogP contribution in [-0.2, 0) is 0 Å². The van der Waals surface area contributed by atoms with E-state index in [-0.39, 0.29) is 5.56 Å². The molecule has 8 heteroatoms. The largest absolute Gasteiger partial charge is 0.574 e. The molecule has 0 atom stereocenters. The third-order valence-electron chi connectivity index (χ3n) is 1.84. The summed E-state index contributed by atoms with van der Waals surface area (Å²) < 4.78 is 68.9. The van der Waals surface area contributed by atoms with Crippen LogP contribution in [0.1, 0.15) is 17.6 Å². The molecular formula is C9H8F5NO2. The highest BCUT2D eigenvalue weighted by Gasteiger charge is 2.33. The first-order valence-corrected chi connectivity index (χ1v) is 4.34. The summed E-state index contributed by atoms with van der Waals surface area (Å²) in [5, 5.41) is 0. The molecule has 0 radical (unpaired) electrons. The summed E-state index contributed by atoms with van der Waals surface area (Å²) in [5.74, 6) is -1.42. The Balaban J connectivity index is 3.18. The van der Waals surface area contributed by atoms with E-state index < -0.39 is 30.1 Å². The first kappa shape index (κ1) is 13.5. The van der Waals surface area contributed by atoms with Crippen molar-refractivity contribution in [1.29, 1.82) is 0 Å². The van der Waals surface area contributed by atoms with E-state index in [9.17, 15) is 22.0 Å². The van der Waals surface area contributed by atoms with E-state index >= 15 is 0 Å². The average Bonchev–Trinajstić information content (AvgIpc) is 2.12. The maximum absolute atomic E-state index is 12.6. The van der Waals surface area contributed by atoms with Gasteiger partial charge >= 0.3 is 6.36 Å². The van der Waals surface area contributed by atoms with Crippen LogP contribution >= 0.6 is 0 Å². The third-order valence-corrected chi connectivity index (χ3v) is 1.84. The smallest absolute Gasteiger partial charge is 0.481 e. The number of rotatable bonds is 3. The predicted octanol–water partition coefficient (Wildman–Crippen LogP) is 3.23. The molecule has 0 aliphatic carbocycles. The van der Waals surface area contributed by atoms with E-state index in [4.69, 9.17) is 0 Å². The Morgan fingerprint density at radius 2 is 1.88 bits per heavy atom. The van der Waals surface area contributed by atoms with Gasteiger partial charge in [-0.1, -0.05) is 0 Å². The summed E-state index contributed by atoms with van der Waals surface area (Å²) >= 11 is 0. The number of aromatic nitrogens is 1. The second-order valence-electron chi connectivity index (χ2n) is 3.05. The number of hydrogen-bond acceptors (Lipinski definition) is 3. The van der Waals surface area contributed by atoms with Crippen LogP contribution in [0.4, 0.5) is 22.0 Å². The van der Waals surface area contributed by atoms with Crippen LogP contribution in [0.3, 0.4) is 0 Å². The van der Waals surface area contributed by atoms with Crippen molar-refractivity contribution in [1.82, 2.24) is 4.98 Å². The van der Waals surface area contributed by atoms with Gasteiger partial charge in [0.05, 0.1) is 12.7 Å². The van der Waals surface area contributed by atoms with Gasteiger partial charge in [0, 0.05) is 6.07 Å². The Hall–Kier alpha value is -1.60. The molecule has 0 aromatic carbocycles. The Bertz CT molecular complexity index is 405. The lowest BCUT2D eigenvalue weighted by molar-refractivity contribution is -0.276. The van der Waals surface area contributed by atoms with E-state index in [0.717, 1.165) is 13.2 Å². The Morgan fingerprint density at radius 1 is 1.29 bits per heavy atom. The van der Waals surface area contributed by atoms with Crippen LogP contribution in [0.2, 0.25) is 0 Å². The zero-order valence-corrected chi connectivity index (χ0v) is 8.81. The van der Waals surface area contributed by atoms with Crippen LogP contribution in [0.5, 0.6) is 11.8 Å². The van der Waals surface area contributed by atoms with Crippen molar-refractivity contribution in [3.8, 4) is 11.8 Å². The molecule has 3 nitrogen and oxygen atoms in total. The van der Waals surface area contributed by atoms with E-state index in [1.807, 2.05) is 0 Å². The number of pyridine rings is 1. The van der Waals surface area contributed by atoms with E-state index in [0.29, 0.717) is 0 Å². The molecule has 1 rings (SSSR count). The molecule has 0 aliphatic heterocycles. The lowest BCUT2D eigenvalue weighted by Crippen LogP contribution is -2.18. The number of methoxy groups -OCH3 is 1. The highest BCUT2D eigenvalue weighted by atomic mass is 19.4. The fourth-order valence-electron chi connectivity index (χ4n) is 1.22. The van der Waals surface area contributed by atoms with Crippen molar-refractivity contribution < 1.29 is 31.4 Å². The second kappa shape index (κ2) is 4.72. The second-order valence-corrected chi connectivity index (χ2v) is 3.05. The highest BCUT2D eigenvalue weighted by Crippen LogP contribution is 2.34. The fraction of sp³-hybridized carbons (Fsp3) is 0.444. The number of hydrogen-bond donors (Lipinski definition) is 0. The number of alkyl halides is 5. The minimum atomic E-state index is -4.93. The maximum Gasteiger partial charge on any atom is 0.574 e. The summed E-state index contributed by atoms with van der Waals surface area (Å²) in [6.45, 7) is 1.22.